The fourth-order valence-electron chi connectivity index (χ4n) is 3.72. The number of aryl methyl sites for hydroxylation is 2. The molecule has 2 aromatic rings. The molecular formula is C20H29N5O. The highest BCUT2D eigenvalue weighted by Gasteiger charge is 2.30. The number of amides is 1. The summed E-state index contributed by atoms with van der Waals surface area (Å²) in [5, 5.41) is 8.24. The summed E-state index contributed by atoms with van der Waals surface area (Å²) in [6.07, 6.45) is 4.81. The van der Waals surface area contributed by atoms with Gasteiger partial charge in [0, 0.05) is 25.7 Å². The van der Waals surface area contributed by atoms with Gasteiger partial charge in [0.2, 0.25) is 0 Å². The maximum atomic E-state index is 12.7. The van der Waals surface area contributed by atoms with Crippen LogP contribution in [0.15, 0.2) is 36.5 Å². The number of nitrogens with zero attached hydrogens (tertiary/aromatic N) is 5. The van der Waals surface area contributed by atoms with Crippen LogP contribution in [0, 0.1) is 0 Å². The Balaban J connectivity index is 1.50. The van der Waals surface area contributed by atoms with Crippen LogP contribution in [-0.4, -0.2) is 62.9 Å². The Morgan fingerprint density at radius 1 is 1.23 bits per heavy atom. The summed E-state index contributed by atoms with van der Waals surface area (Å²) in [6, 6.07) is 10.9. The van der Waals surface area contributed by atoms with E-state index in [1.165, 1.54) is 5.56 Å². The van der Waals surface area contributed by atoms with Crippen molar-refractivity contribution in [3.05, 3.63) is 47.8 Å². The van der Waals surface area contributed by atoms with Gasteiger partial charge in [-0.3, -0.25) is 14.4 Å². The van der Waals surface area contributed by atoms with Crippen molar-refractivity contribution >= 4 is 5.91 Å². The van der Waals surface area contributed by atoms with E-state index in [1.807, 2.05) is 11.0 Å². The Bertz CT molecular complexity index is 695. The van der Waals surface area contributed by atoms with E-state index >= 15 is 0 Å². The lowest BCUT2D eigenvalue weighted by Gasteiger charge is -2.25. The van der Waals surface area contributed by atoms with Crippen molar-refractivity contribution in [2.24, 2.45) is 0 Å². The molecule has 0 saturated carbocycles. The largest absolute Gasteiger partial charge is 0.336 e. The van der Waals surface area contributed by atoms with Crippen LogP contribution >= 0.6 is 0 Å². The molecule has 0 spiro atoms. The average molecular weight is 355 g/mol. The molecule has 140 valence electrons. The molecule has 1 saturated heterocycles. The quantitative estimate of drug-likeness (QED) is 0.730. The smallest absolute Gasteiger partial charge is 0.276 e. The number of hydrogen-bond donors (Lipinski definition) is 0. The number of carbonyl (C=O) groups excluding carboxylic acids is 1. The topological polar surface area (TPSA) is 54.3 Å². The second-order valence-electron chi connectivity index (χ2n) is 6.87. The summed E-state index contributed by atoms with van der Waals surface area (Å²) >= 11 is 0. The van der Waals surface area contributed by atoms with Crippen molar-refractivity contribution in [2.75, 3.05) is 26.2 Å². The molecule has 0 radical (unpaired) electrons. The Labute approximate surface area is 155 Å². The summed E-state index contributed by atoms with van der Waals surface area (Å²) in [6.45, 7) is 8.78. The first-order chi connectivity index (χ1) is 12.7. The van der Waals surface area contributed by atoms with Crippen LogP contribution in [0.5, 0.6) is 0 Å². The van der Waals surface area contributed by atoms with Crippen molar-refractivity contribution in [3.8, 4) is 0 Å². The maximum absolute atomic E-state index is 12.7. The third kappa shape index (κ3) is 4.49. The number of hydrogen-bond acceptors (Lipinski definition) is 4. The van der Waals surface area contributed by atoms with E-state index in [-0.39, 0.29) is 5.91 Å². The highest BCUT2D eigenvalue weighted by molar-refractivity contribution is 5.92. The lowest BCUT2D eigenvalue weighted by molar-refractivity contribution is 0.0772. The fourth-order valence-corrected chi connectivity index (χ4v) is 3.72. The molecular weight excluding hydrogens is 326 g/mol. The average Bonchev–Trinajstić information content (AvgIpc) is 3.33. The van der Waals surface area contributed by atoms with Gasteiger partial charge in [-0.1, -0.05) is 49.4 Å². The third-order valence-corrected chi connectivity index (χ3v) is 5.23. The van der Waals surface area contributed by atoms with E-state index in [4.69, 9.17) is 0 Å². The number of likely N-dealkylation sites (N-methyl/N-ethyl adjacent to an activating group) is 1. The Morgan fingerprint density at radius 2 is 2.00 bits per heavy atom. The predicted molar refractivity (Wildman–Crippen MR) is 102 cm³/mol. The molecule has 3 rings (SSSR count). The number of rotatable bonds is 8. The first kappa shape index (κ1) is 18.6. The zero-order valence-electron chi connectivity index (χ0n) is 15.8. The molecule has 6 heteroatoms. The van der Waals surface area contributed by atoms with Gasteiger partial charge in [-0.05, 0) is 37.9 Å². The maximum Gasteiger partial charge on any atom is 0.276 e. The van der Waals surface area contributed by atoms with Crippen LogP contribution in [0.1, 0.15) is 42.7 Å². The predicted octanol–water partition coefficient (Wildman–Crippen LogP) is 2.47. The van der Waals surface area contributed by atoms with Crippen LogP contribution in [0.25, 0.3) is 0 Å². The molecule has 0 bridgehead atoms. The fraction of sp³-hybridized carbons (Fsp3) is 0.550. The lowest BCUT2D eigenvalue weighted by atomic mass is 10.1. The molecule has 1 atom stereocenters. The molecule has 1 aliphatic heterocycles. The first-order valence-corrected chi connectivity index (χ1v) is 9.68. The van der Waals surface area contributed by atoms with E-state index in [1.54, 1.807) is 10.9 Å². The Morgan fingerprint density at radius 3 is 2.73 bits per heavy atom. The van der Waals surface area contributed by atoms with Crippen LogP contribution in [0.3, 0.4) is 0 Å². The zero-order chi connectivity index (χ0) is 18.4. The van der Waals surface area contributed by atoms with Gasteiger partial charge in [-0.25, -0.2) is 0 Å². The minimum Gasteiger partial charge on any atom is -0.336 e. The van der Waals surface area contributed by atoms with E-state index in [0.29, 0.717) is 11.7 Å². The van der Waals surface area contributed by atoms with Gasteiger partial charge in [-0.2, -0.15) is 0 Å². The zero-order valence-corrected chi connectivity index (χ0v) is 15.8. The van der Waals surface area contributed by atoms with Crippen molar-refractivity contribution < 1.29 is 4.79 Å². The highest BCUT2D eigenvalue weighted by Crippen LogP contribution is 2.17. The van der Waals surface area contributed by atoms with E-state index in [9.17, 15) is 4.79 Å². The van der Waals surface area contributed by atoms with E-state index in [0.717, 1.165) is 52.0 Å². The molecule has 1 amide bonds. The van der Waals surface area contributed by atoms with Crippen LogP contribution in [-0.2, 0) is 13.0 Å². The van der Waals surface area contributed by atoms with Crippen molar-refractivity contribution in [1.29, 1.82) is 0 Å². The Kier molecular flexibility index (Phi) is 6.39. The van der Waals surface area contributed by atoms with Crippen molar-refractivity contribution in [3.63, 3.8) is 0 Å². The molecule has 0 unspecified atom stereocenters. The molecule has 1 aromatic carbocycles. The molecule has 1 fully saturated rings. The summed E-state index contributed by atoms with van der Waals surface area (Å²) < 4.78 is 1.79. The lowest BCUT2D eigenvalue weighted by Crippen LogP contribution is -2.38. The normalized spacial score (nSPS) is 17.2. The number of aromatic nitrogens is 3. The summed E-state index contributed by atoms with van der Waals surface area (Å²) in [5.41, 5.74) is 1.79. The van der Waals surface area contributed by atoms with Gasteiger partial charge in [0.15, 0.2) is 5.69 Å². The van der Waals surface area contributed by atoms with Gasteiger partial charge in [0.1, 0.15) is 0 Å². The minimum atomic E-state index is 0.00830. The molecule has 2 heterocycles. The SMILES string of the molecule is CCN(CC)[C@@H]1CCN(C(=O)c2cn(CCCc3ccccc3)nn2)C1. The van der Waals surface area contributed by atoms with Crippen LogP contribution in [0.2, 0.25) is 0 Å². The van der Waals surface area contributed by atoms with Gasteiger partial charge < -0.3 is 4.90 Å². The number of carbonyl (C=O) groups is 1. The number of benzene rings is 1. The molecule has 1 aromatic heterocycles. The molecule has 0 aliphatic carbocycles. The van der Waals surface area contributed by atoms with Gasteiger partial charge in [0.05, 0.1) is 6.20 Å². The van der Waals surface area contributed by atoms with Crippen LogP contribution < -0.4 is 0 Å². The number of likely N-dealkylation sites (tertiary alicyclic amines) is 1. The summed E-state index contributed by atoms with van der Waals surface area (Å²) in [4.78, 5) is 17.0. The highest BCUT2D eigenvalue weighted by atomic mass is 16.2. The Hall–Kier alpha value is -2.21. The van der Waals surface area contributed by atoms with Gasteiger partial charge in [-0.15, -0.1) is 5.10 Å². The van der Waals surface area contributed by atoms with E-state index in [2.05, 4.69) is 53.3 Å². The second-order valence-corrected chi connectivity index (χ2v) is 6.87. The van der Waals surface area contributed by atoms with E-state index < -0.39 is 0 Å². The summed E-state index contributed by atoms with van der Waals surface area (Å²) in [7, 11) is 0. The van der Waals surface area contributed by atoms with Crippen molar-refractivity contribution in [2.45, 2.75) is 45.7 Å². The first-order valence-electron chi connectivity index (χ1n) is 9.68. The molecule has 1 aliphatic rings. The van der Waals surface area contributed by atoms with Crippen molar-refractivity contribution in [1.82, 2.24) is 24.8 Å². The van der Waals surface area contributed by atoms with Gasteiger partial charge >= 0.3 is 0 Å². The summed E-state index contributed by atoms with van der Waals surface area (Å²) in [5.74, 6) is 0.00830. The minimum absolute atomic E-state index is 0.00830. The molecule has 6 nitrogen and oxygen atoms in total. The molecule has 26 heavy (non-hydrogen) atoms. The third-order valence-electron chi connectivity index (χ3n) is 5.23. The monoisotopic (exact) mass is 355 g/mol. The van der Waals surface area contributed by atoms with Gasteiger partial charge in [0.25, 0.3) is 5.91 Å². The standard InChI is InChI=1S/C20H29N5O/c1-3-23(4-2)18-12-14-24(15-18)20(26)19-16-25(22-21-19)13-8-11-17-9-6-5-7-10-17/h5-7,9-10,16,18H,3-4,8,11-15H2,1-2H3/t18-/m1/s1. The second kappa shape index (κ2) is 8.94. The molecule has 0 N–H and O–H groups in total. The van der Waals surface area contributed by atoms with Crippen LogP contribution in [0.4, 0.5) is 0 Å².